The van der Waals surface area contributed by atoms with Crippen LogP contribution in [0.15, 0.2) is 36.7 Å². The van der Waals surface area contributed by atoms with E-state index in [9.17, 15) is 0 Å². The molecule has 2 heterocycles. The molecule has 3 rings (SSSR count). The second-order valence-corrected chi connectivity index (χ2v) is 5.49. The Bertz CT molecular complexity index is 547. The lowest BCUT2D eigenvalue weighted by Crippen LogP contribution is -2.38. The van der Waals surface area contributed by atoms with E-state index < -0.39 is 0 Å². The SMILES string of the molecule is Clc1ccc(-n2cc(OCC3CCCCN3)cn2)cc1. The Hall–Kier alpha value is -1.52. The third-order valence-corrected chi connectivity index (χ3v) is 3.77. The lowest BCUT2D eigenvalue weighted by molar-refractivity contribution is 0.239. The van der Waals surface area contributed by atoms with Gasteiger partial charge in [-0.1, -0.05) is 18.0 Å². The van der Waals surface area contributed by atoms with Crippen LogP contribution in [-0.2, 0) is 0 Å². The maximum Gasteiger partial charge on any atom is 0.157 e. The molecule has 20 heavy (non-hydrogen) atoms. The fraction of sp³-hybridized carbons (Fsp3) is 0.400. The molecule has 5 heteroatoms. The number of ether oxygens (including phenoxy) is 1. The van der Waals surface area contributed by atoms with E-state index in [1.54, 1.807) is 10.9 Å². The Morgan fingerprint density at radius 2 is 2.15 bits per heavy atom. The Balaban J connectivity index is 1.60. The third-order valence-electron chi connectivity index (χ3n) is 3.51. The minimum Gasteiger partial charge on any atom is -0.489 e. The van der Waals surface area contributed by atoms with Crippen LogP contribution in [0.1, 0.15) is 19.3 Å². The van der Waals surface area contributed by atoms with E-state index in [2.05, 4.69) is 10.4 Å². The smallest absolute Gasteiger partial charge is 0.157 e. The lowest BCUT2D eigenvalue weighted by atomic mass is 10.1. The highest BCUT2D eigenvalue weighted by atomic mass is 35.5. The molecule has 1 atom stereocenters. The predicted octanol–water partition coefficient (Wildman–Crippen LogP) is 3.05. The molecule has 0 aliphatic carbocycles. The van der Waals surface area contributed by atoms with Gasteiger partial charge >= 0.3 is 0 Å². The Kier molecular flexibility index (Phi) is 4.23. The van der Waals surface area contributed by atoms with Crippen molar-refractivity contribution in [3.63, 3.8) is 0 Å². The molecule has 0 saturated carbocycles. The van der Waals surface area contributed by atoms with E-state index in [0.717, 1.165) is 23.0 Å². The summed E-state index contributed by atoms with van der Waals surface area (Å²) >= 11 is 5.88. The Labute approximate surface area is 123 Å². The van der Waals surface area contributed by atoms with Crippen LogP contribution in [0.25, 0.3) is 5.69 Å². The number of hydrogen-bond acceptors (Lipinski definition) is 3. The number of nitrogens with one attached hydrogen (secondary N) is 1. The standard InChI is InChI=1S/C15H18ClN3O/c16-12-4-6-14(7-5-12)19-10-15(9-18-19)20-11-13-3-1-2-8-17-13/h4-7,9-10,13,17H,1-3,8,11H2. The van der Waals surface area contributed by atoms with E-state index in [4.69, 9.17) is 16.3 Å². The summed E-state index contributed by atoms with van der Waals surface area (Å²) in [4.78, 5) is 0. The molecule has 1 fully saturated rings. The van der Waals surface area contributed by atoms with Crippen molar-refractivity contribution in [3.8, 4) is 11.4 Å². The van der Waals surface area contributed by atoms with Crippen molar-refractivity contribution in [3.05, 3.63) is 41.7 Å². The fourth-order valence-electron chi connectivity index (χ4n) is 2.38. The molecule has 4 nitrogen and oxygen atoms in total. The van der Waals surface area contributed by atoms with Crippen molar-refractivity contribution in [2.45, 2.75) is 25.3 Å². The molecule has 1 aromatic heterocycles. The molecule has 0 amide bonds. The second kappa shape index (κ2) is 6.29. The third kappa shape index (κ3) is 3.32. The first-order valence-corrected chi connectivity index (χ1v) is 7.36. The topological polar surface area (TPSA) is 39.1 Å². The van der Waals surface area contributed by atoms with Crippen LogP contribution in [-0.4, -0.2) is 29.0 Å². The first-order chi connectivity index (χ1) is 9.81. The number of halogens is 1. The van der Waals surface area contributed by atoms with Gasteiger partial charge in [-0.3, -0.25) is 0 Å². The highest BCUT2D eigenvalue weighted by Crippen LogP contribution is 2.17. The molecular formula is C15H18ClN3O. The molecule has 0 bridgehead atoms. The predicted molar refractivity (Wildman–Crippen MR) is 79.7 cm³/mol. The van der Waals surface area contributed by atoms with Crippen LogP contribution in [0.5, 0.6) is 5.75 Å². The summed E-state index contributed by atoms with van der Waals surface area (Å²) in [7, 11) is 0. The summed E-state index contributed by atoms with van der Waals surface area (Å²) in [5, 5.41) is 8.50. The summed E-state index contributed by atoms with van der Waals surface area (Å²) in [6.45, 7) is 1.80. The van der Waals surface area contributed by atoms with Gasteiger partial charge in [0.1, 0.15) is 6.61 Å². The zero-order chi connectivity index (χ0) is 13.8. The fourth-order valence-corrected chi connectivity index (χ4v) is 2.50. The Morgan fingerprint density at radius 3 is 2.90 bits per heavy atom. The summed E-state index contributed by atoms with van der Waals surface area (Å²) in [6, 6.07) is 8.03. The first-order valence-electron chi connectivity index (χ1n) is 6.98. The summed E-state index contributed by atoms with van der Waals surface area (Å²) in [5.74, 6) is 0.798. The lowest BCUT2D eigenvalue weighted by Gasteiger charge is -2.22. The van der Waals surface area contributed by atoms with Crippen molar-refractivity contribution in [1.29, 1.82) is 0 Å². The number of benzene rings is 1. The van der Waals surface area contributed by atoms with Crippen LogP contribution in [0.2, 0.25) is 5.02 Å². The maximum absolute atomic E-state index is 5.88. The first kappa shape index (κ1) is 13.5. The highest BCUT2D eigenvalue weighted by molar-refractivity contribution is 6.30. The van der Waals surface area contributed by atoms with Gasteiger partial charge in [0.25, 0.3) is 0 Å². The molecule has 106 valence electrons. The number of aromatic nitrogens is 2. The van der Waals surface area contributed by atoms with Gasteiger partial charge in [0.2, 0.25) is 0 Å². The second-order valence-electron chi connectivity index (χ2n) is 5.05. The molecule has 1 N–H and O–H groups in total. The van der Waals surface area contributed by atoms with Crippen LogP contribution in [0.3, 0.4) is 0 Å². The monoisotopic (exact) mass is 291 g/mol. The molecular weight excluding hydrogens is 274 g/mol. The van der Waals surface area contributed by atoms with Crippen molar-refractivity contribution in [2.75, 3.05) is 13.2 Å². The quantitative estimate of drug-likeness (QED) is 0.941. The number of hydrogen-bond donors (Lipinski definition) is 1. The number of nitrogens with zero attached hydrogens (tertiary/aromatic N) is 2. The molecule has 1 unspecified atom stereocenters. The van der Waals surface area contributed by atoms with Gasteiger partial charge in [0, 0.05) is 11.1 Å². The number of piperidine rings is 1. The van der Waals surface area contributed by atoms with Crippen molar-refractivity contribution in [2.24, 2.45) is 0 Å². The molecule has 0 radical (unpaired) electrons. The van der Waals surface area contributed by atoms with Crippen LogP contribution in [0, 0.1) is 0 Å². The van der Waals surface area contributed by atoms with Crippen molar-refractivity contribution in [1.82, 2.24) is 15.1 Å². The average molecular weight is 292 g/mol. The zero-order valence-electron chi connectivity index (χ0n) is 11.3. The minimum atomic E-state index is 0.461. The molecule has 1 saturated heterocycles. The maximum atomic E-state index is 5.88. The van der Waals surface area contributed by atoms with Gasteiger partial charge in [-0.2, -0.15) is 5.10 Å². The van der Waals surface area contributed by atoms with Gasteiger partial charge in [0.15, 0.2) is 5.75 Å². The summed E-state index contributed by atoms with van der Waals surface area (Å²) < 4.78 is 7.59. The van der Waals surface area contributed by atoms with E-state index in [1.807, 2.05) is 30.5 Å². The van der Waals surface area contributed by atoms with Gasteiger partial charge in [-0.15, -0.1) is 0 Å². The molecule has 1 aromatic carbocycles. The van der Waals surface area contributed by atoms with E-state index >= 15 is 0 Å². The van der Waals surface area contributed by atoms with Gasteiger partial charge in [-0.25, -0.2) is 4.68 Å². The zero-order valence-corrected chi connectivity index (χ0v) is 12.0. The normalized spacial score (nSPS) is 18.9. The van der Waals surface area contributed by atoms with Gasteiger partial charge in [0.05, 0.1) is 18.1 Å². The molecule has 1 aliphatic heterocycles. The Morgan fingerprint density at radius 1 is 1.30 bits per heavy atom. The minimum absolute atomic E-state index is 0.461. The highest BCUT2D eigenvalue weighted by Gasteiger charge is 2.13. The number of rotatable bonds is 4. The van der Waals surface area contributed by atoms with Crippen LogP contribution >= 0.6 is 11.6 Å². The molecule has 0 spiro atoms. The largest absolute Gasteiger partial charge is 0.489 e. The molecule has 1 aliphatic rings. The van der Waals surface area contributed by atoms with Crippen molar-refractivity contribution >= 4 is 11.6 Å². The molecule has 2 aromatic rings. The average Bonchev–Trinajstić information content (AvgIpc) is 2.96. The van der Waals surface area contributed by atoms with Gasteiger partial charge in [-0.05, 0) is 43.7 Å². The summed E-state index contributed by atoms with van der Waals surface area (Å²) in [6.07, 6.45) is 7.38. The van der Waals surface area contributed by atoms with E-state index in [0.29, 0.717) is 12.6 Å². The van der Waals surface area contributed by atoms with E-state index in [-0.39, 0.29) is 0 Å². The van der Waals surface area contributed by atoms with E-state index in [1.165, 1.54) is 19.3 Å². The van der Waals surface area contributed by atoms with Crippen molar-refractivity contribution < 1.29 is 4.74 Å². The summed E-state index contributed by atoms with van der Waals surface area (Å²) in [5.41, 5.74) is 0.972. The van der Waals surface area contributed by atoms with Crippen LogP contribution in [0.4, 0.5) is 0 Å². The van der Waals surface area contributed by atoms with Crippen LogP contribution < -0.4 is 10.1 Å². The van der Waals surface area contributed by atoms with Gasteiger partial charge < -0.3 is 10.1 Å².